The van der Waals surface area contributed by atoms with E-state index in [9.17, 15) is 14.4 Å². The van der Waals surface area contributed by atoms with E-state index < -0.39 is 5.41 Å². The fourth-order valence-electron chi connectivity index (χ4n) is 4.74. The summed E-state index contributed by atoms with van der Waals surface area (Å²) in [5, 5.41) is 2.98. The van der Waals surface area contributed by atoms with E-state index in [1.54, 1.807) is 0 Å². The van der Waals surface area contributed by atoms with Gasteiger partial charge in [-0.3, -0.25) is 14.4 Å². The first-order valence-corrected chi connectivity index (χ1v) is 10.1. The van der Waals surface area contributed by atoms with Gasteiger partial charge in [-0.05, 0) is 44.7 Å². The Morgan fingerprint density at radius 2 is 2.04 bits per heavy atom. The minimum atomic E-state index is -0.467. The summed E-state index contributed by atoms with van der Waals surface area (Å²) in [7, 11) is 0. The lowest BCUT2D eigenvalue weighted by Crippen LogP contribution is -2.61. The maximum absolute atomic E-state index is 12.9. The molecule has 1 aromatic carbocycles. The normalized spacial score (nSPS) is 25.1. The van der Waals surface area contributed by atoms with E-state index >= 15 is 0 Å². The zero-order valence-electron chi connectivity index (χ0n) is 16.2. The maximum Gasteiger partial charge on any atom is 0.270 e. The molecule has 1 spiro atoms. The summed E-state index contributed by atoms with van der Waals surface area (Å²) in [4.78, 5) is 46.9. The Hall–Kier alpha value is -2.70. The van der Waals surface area contributed by atoms with Gasteiger partial charge in [0, 0.05) is 32.0 Å². The smallest absolute Gasteiger partial charge is 0.270 e. The molecule has 0 aliphatic carbocycles. The number of benzene rings is 1. The summed E-state index contributed by atoms with van der Waals surface area (Å²) >= 11 is 0. The van der Waals surface area contributed by atoms with Gasteiger partial charge in [0.1, 0.15) is 5.69 Å². The first kappa shape index (κ1) is 18.7. The number of rotatable bonds is 3. The quantitative estimate of drug-likeness (QED) is 0.846. The van der Waals surface area contributed by atoms with Gasteiger partial charge in [0.15, 0.2) is 0 Å². The molecular formula is C21H26N4O3. The molecule has 2 fully saturated rings. The van der Waals surface area contributed by atoms with Crippen molar-refractivity contribution in [3.8, 4) is 0 Å². The van der Waals surface area contributed by atoms with Crippen LogP contribution in [0.3, 0.4) is 0 Å². The number of hydrogen-bond acceptors (Lipinski definition) is 4. The van der Waals surface area contributed by atoms with Gasteiger partial charge in [-0.1, -0.05) is 12.1 Å². The highest BCUT2D eigenvalue weighted by Gasteiger charge is 2.49. The molecule has 1 aromatic heterocycles. The lowest BCUT2D eigenvalue weighted by atomic mass is 9.68. The summed E-state index contributed by atoms with van der Waals surface area (Å²) in [5.74, 6) is 0.0655. The lowest BCUT2D eigenvalue weighted by Gasteiger charge is -2.49. The summed E-state index contributed by atoms with van der Waals surface area (Å²) < 4.78 is 0. The van der Waals surface area contributed by atoms with Crippen LogP contribution in [0.5, 0.6) is 0 Å². The van der Waals surface area contributed by atoms with Crippen molar-refractivity contribution in [3.63, 3.8) is 0 Å². The minimum Gasteiger partial charge on any atom is -0.356 e. The SMILES string of the molecule is C[C@H]1N(C(=O)CCc2nc3ccccc3[nH]c2=O)CCC[C@@]12CCCNC2=O. The second-order valence-corrected chi connectivity index (χ2v) is 7.91. The number of aromatic amines is 1. The van der Waals surface area contributed by atoms with Gasteiger partial charge < -0.3 is 15.2 Å². The van der Waals surface area contributed by atoms with Crippen molar-refractivity contribution in [2.75, 3.05) is 13.1 Å². The van der Waals surface area contributed by atoms with Crippen molar-refractivity contribution in [1.29, 1.82) is 0 Å². The summed E-state index contributed by atoms with van der Waals surface area (Å²) in [5.41, 5.74) is 1.07. The third-order valence-corrected chi connectivity index (χ3v) is 6.39. The van der Waals surface area contributed by atoms with Crippen LogP contribution in [-0.2, 0) is 16.0 Å². The average Bonchev–Trinajstić information content (AvgIpc) is 2.70. The first-order valence-electron chi connectivity index (χ1n) is 10.1. The molecule has 2 aliphatic heterocycles. The van der Waals surface area contributed by atoms with E-state index in [4.69, 9.17) is 0 Å². The molecular weight excluding hydrogens is 356 g/mol. The van der Waals surface area contributed by atoms with Crippen LogP contribution in [0, 0.1) is 5.41 Å². The predicted octanol–water partition coefficient (Wildman–Crippen LogP) is 1.76. The molecule has 2 N–H and O–H groups in total. The molecule has 2 amide bonds. The molecule has 4 rings (SSSR count). The topological polar surface area (TPSA) is 95.2 Å². The van der Waals surface area contributed by atoms with Crippen molar-refractivity contribution in [2.45, 2.75) is 51.5 Å². The summed E-state index contributed by atoms with van der Waals surface area (Å²) in [6.45, 7) is 3.37. The third-order valence-electron chi connectivity index (χ3n) is 6.39. The number of nitrogens with one attached hydrogen (secondary N) is 2. The van der Waals surface area contributed by atoms with Gasteiger partial charge >= 0.3 is 0 Å². The van der Waals surface area contributed by atoms with Gasteiger partial charge in [0.25, 0.3) is 5.56 Å². The van der Waals surface area contributed by atoms with Crippen LogP contribution in [0.1, 0.15) is 44.7 Å². The Kier molecular flexibility index (Phi) is 4.91. The van der Waals surface area contributed by atoms with Crippen molar-refractivity contribution in [1.82, 2.24) is 20.2 Å². The molecule has 2 atom stereocenters. The van der Waals surface area contributed by atoms with Crippen LogP contribution in [0.4, 0.5) is 0 Å². The maximum atomic E-state index is 12.9. The number of likely N-dealkylation sites (tertiary alicyclic amines) is 1. The van der Waals surface area contributed by atoms with E-state index in [0.717, 1.165) is 32.2 Å². The number of piperidine rings is 2. The molecule has 7 nitrogen and oxygen atoms in total. The van der Waals surface area contributed by atoms with Crippen LogP contribution in [-0.4, -0.2) is 45.8 Å². The van der Waals surface area contributed by atoms with E-state index in [-0.39, 0.29) is 29.8 Å². The highest BCUT2D eigenvalue weighted by molar-refractivity contribution is 5.86. The summed E-state index contributed by atoms with van der Waals surface area (Å²) in [6.07, 6.45) is 3.95. The average molecular weight is 382 g/mol. The van der Waals surface area contributed by atoms with Gasteiger partial charge in [-0.15, -0.1) is 0 Å². The zero-order chi connectivity index (χ0) is 19.7. The molecule has 2 aliphatic rings. The molecule has 28 heavy (non-hydrogen) atoms. The fourth-order valence-corrected chi connectivity index (χ4v) is 4.74. The van der Waals surface area contributed by atoms with Crippen LogP contribution in [0.2, 0.25) is 0 Å². The van der Waals surface area contributed by atoms with Gasteiger partial charge in [0.2, 0.25) is 11.8 Å². The van der Waals surface area contributed by atoms with Crippen LogP contribution in [0.15, 0.2) is 29.1 Å². The number of carbonyl (C=O) groups excluding carboxylic acids is 2. The molecule has 0 radical (unpaired) electrons. The standard InChI is InChI=1S/C21H26N4O3/c1-14-21(10-4-12-22-20(21)28)11-5-13-25(14)18(26)9-8-17-19(27)24-16-7-3-2-6-15(16)23-17/h2-3,6-7,14H,4-5,8-13H2,1H3,(H,22,28)(H,24,27)/t14-,21+/m1/s1. The number of fused-ring (bicyclic) bond motifs is 1. The number of hydrogen-bond donors (Lipinski definition) is 2. The lowest BCUT2D eigenvalue weighted by molar-refractivity contribution is -0.149. The second kappa shape index (κ2) is 7.37. The summed E-state index contributed by atoms with van der Waals surface area (Å²) in [6, 6.07) is 7.24. The largest absolute Gasteiger partial charge is 0.356 e. The molecule has 2 saturated heterocycles. The number of aromatic nitrogens is 2. The highest BCUT2D eigenvalue weighted by Crippen LogP contribution is 2.42. The number of amides is 2. The van der Waals surface area contributed by atoms with Gasteiger partial charge in [-0.25, -0.2) is 4.98 Å². The minimum absolute atomic E-state index is 0.0145. The number of carbonyl (C=O) groups is 2. The van der Waals surface area contributed by atoms with Crippen LogP contribution >= 0.6 is 0 Å². The van der Waals surface area contributed by atoms with Crippen molar-refractivity contribution in [3.05, 3.63) is 40.3 Å². The van der Waals surface area contributed by atoms with E-state index in [1.807, 2.05) is 36.1 Å². The van der Waals surface area contributed by atoms with Gasteiger partial charge in [0.05, 0.1) is 16.4 Å². The Morgan fingerprint density at radius 1 is 1.25 bits per heavy atom. The Labute approximate surface area is 163 Å². The molecule has 0 unspecified atom stereocenters. The first-order chi connectivity index (χ1) is 13.5. The number of H-pyrrole nitrogens is 1. The van der Waals surface area contributed by atoms with E-state index in [0.29, 0.717) is 29.7 Å². The molecule has 0 bridgehead atoms. The highest BCUT2D eigenvalue weighted by atomic mass is 16.2. The Morgan fingerprint density at radius 3 is 2.86 bits per heavy atom. The fraction of sp³-hybridized carbons (Fsp3) is 0.524. The number of nitrogens with zero attached hydrogens (tertiary/aromatic N) is 2. The molecule has 148 valence electrons. The zero-order valence-corrected chi connectivity index (χ0v) is 16.2. The number of para-hydroxylation sites is 2. The monoisotopic (exact) mass is 382 g/mol. The third kappa shape index (κ3) is 3.19. The molecule has 3 heterocycles. The van der Waals surface area contributed by atoms with Crippen LogP contribution < -0.4 is 10.9 Å². The predicted molar refractivity (Wildman–Crippen MR) is 106 cm³/mol. The number of aryl methyl sites for hydroxylation is 1. The van der Waals surface area contributed by atoms with Crippen LogP contribution in [0.25, 0.3) is 11.0 Å². The van der Waals surface area contributed by atoms with Crippen molar-refractivity contribution in [2.24, 2.45) is 5.41 Å². The van der Waals surface area contributed by atoms with E-state index in [1.165, 1.54) is 0 Å². The Bertz CT molecular complexity index is 966. The van der Waals surface area contributed by atoms with Crippen molar-refractivity contribution >= 4 is 22.8 Å². The van der Waals surface area contributed by atoms with Crippen molar-refractivity contribution < 1.29 is 9.59 Å². The second-order valence-electron chi connectivity index (χ2n) is 7.91. The Balaban J connectivity index is 1.48. The van der Waals surface area contributed by atoms with Gasteiger partial charge in [-0.2, -0.15) is 0 Å². The van der Waals surface area contributed by atoms with E-state index in [2.05, 4.69) is 15.3 Å². The molecule has 0 saturated carbocycles. The molecule has 2 aromatic rings. The molecule has 7 heteroatoms.